The quantitative estimate of drug-likeness (QED) is 0.182. The number of halogens is 1. The standard InChI is InChI=1S/C40H23BrN2/c41-38-31-22-21-25(40-42-35-20-9-8-17-32(35)39(43-40)24-11-2-1-3-12-24)23-34(31)37-29-16-7-6-15-27(29)26-13-4-5-14-28(26)30-18-10-19-33(38)36(30)37/h1-23H. The lowest BCUT2D eigenvalue weighted by atomic mass is 9.88. The average molecular weight is 612 g/mol. The van der Waals surface area contributed by atoms with Crippen molar-refractivity contribution in [2.24, 2.45) is 0 Å². The van der Waals surface area contributed by atoms with Gasteiger partial charge in [0, 0.05) is 21.0 Å². The number of nitrogens with zero attached hydrogens (tertiary/aromatic N) is 2. The van der Waals surface area contributed by atoms with Gasteiger partial charge in [0.25, 0.3) is 0 Å². The summed E-state index contributed by atoms with van der Waals surface area (Å²) in [5.74, 6) is 0.723. The van der Waals surface area contributed by atoms with Crippen LogP contribution in [-0.4, -0.2) is 9.97 Å². The third-order valence-electron chi connectivity index (χ3n) is 8.69. The van der Waals surface area contributed by atoms with Crippen molar-refractivity contribution in [2.75, 3.05) is 0 Å². The van der Waals surface area contributed by atoms with Gasteiger partial charge in [0.15, 0.2) is 5.82 Å². The minimum Gasteiger partial charge on any atom is -0.228 e. The molecule has 0 aliphatic heterocycles. The minimum atomic E-state index is 0.723. The molecule has 0 unspecified atom stereocenters. The van der Waals surface area contributed by atoms with E-state index in [4.69, 9.17) is 9.97 Å². The summed E-state index contributed by atoms with van der Waals surface area (Å²) in [4.78, 5) is 10.3. The molecule has 7 aromatic carbocycles. The van der Waals surface area contributed by atoms with Crippen molar-refractivity contribution >= 4 is 48.4 Å². The summed E-state index contributed by atoms with van der Waals surface area (Å²) < 4.78 is 1.11. The lowest BCUT2D eigenvalue weighted by molar-refractivity contribution is 1.23. The van der Waals surface area contributed by atoms with Gasteiger partial charge in [0.2, 0.25) is 0 Å². The van der Waals surface area contributed by atoms with Gasteiger partial charge in [-0.05, 0) is 83.0 Å². The van der Waals surface area contributed by atoms with E-state index in [9.17, 15) is 0 Å². The molecular formula is C40H23BrN2. The van der Waals surface area contributed by atoms with E-state index < -0.39 is 0 Å². The highest BCUT2D eigenvalue weighted by molar-refractivity contribution is 9.10. The molecule has 3 heteroatoms. The van der Waals surface area contributed by atoms with E-state index >= 15 is 0 Å². The van der Waals surface area contributed by atoms with Gasteiger partial charge < -0.3 is 0 Å². The molecule has 0 radical (unpaired) electrons. The predicted molar refractivity (Wildman–Crippen MR) is 183 cm³/mol. The van der Waals surface area contributed by atoms with Gasteiger partial charge in [-0.1, -0.05) is 127 Å². The van der Waals surface area contributed by atoms with Crippen molar-refractivity contribution in [3.63, 3.8) is 0 Å². The maximum atomic E-state index is 5.19. The van der Waals surface area contributed by atoms with Gasteiger partial charge in [-0.3, -0.25) is 0 Å². The molecule has 0 N–H and O–H groups in total. The normalized spacial score (nSPS) is 11.8. The third-order valence-corrected chi connectivity index (χ3v) is 9.54. The van der Waals surface area contributed by atoms with E-state index in [2.05, 4.69) is 143 Å². The monoisotopic (exact) mass is 610 g/mol. The number of hydrogen-bond acceptors (Lipinski definition) is 2. The molecule has 0 amide bonds. The zero-order valence-electron chi connectivity index (χ0n) is 23.1. The van der Waals surface area contributed by atoms with Crippen LogP contribution in [0.15, 0.2) is 144 Å². The summed E-state index contributed by atoms with van der Waals surface area (Å²) in [5.41, 5.74) is 11.5. The Morgan fingerprint density at radius 1 is 0.419 bits per heavy atom. The first-order chi connectivity index (χ1) is 21.3. The van der Waals surface area contributed by atoms with Crippen LogP contribution >= 0.6 is 15.9 Å². The molecule has 8 aromatic rings. The molecule has 0 bridgehead atoms. The molecule has 0 atom stereocenters. The van der Waals surface area contributed by atoms with Crippen molar-refractivity contribution in [1.82, 2.24) is 9.97 Å². The molecular weight excluding hydrogens is 588 g/mol. The molecule has 9 rings (SSSR count). The van der Waals surface area contributed by atoms with Crippen LogP contribution in [0.4, 0.5) is 0 Å². The second-order valence-electron chi connectivity index (χ2n) is 11.0. The Hall–Kier alpha value is -5.12. The fourth-order valence-electron chi connectivity index (χ4n) is 6.78. The van der Waals surface area contributed by atoms with Crippen LogP contribution in [-0.2, 0) is 0 Å². The summed E-state index contributed by atoms with van der Waals surface area (Å²) in [5, 5.41) is 5.89. The molecule has 1 aromatic heterocycles. The minimum absolute atomic E-state index is 0.723. The SMILES string of the molecule is Brc1c2ccc(-c3nc(-c4ccccc4)c4ccccc4n3)cc2c2c3c(cccc13)-c1ccccc1-c1ccccc1-2. The third kappa shape index (κ3) is 3.65. The van der Waals surface area contributed by atoms with Gasteiger partial charge in [0.05, 0.1) is 11.2 Å². The maximum Gasteiger partial charge on any atom is 0.160 e. The Labute approximate surface area is 257 Å². The summed E-state index contributed by atoms with van der Waals surface area (Å²) in [7, 11) is 0. The molecule has 0 saturated heterocycles. The van der Waals surface area contributed by atoms with Gasteiger partial charge in [-0.2, -0.15) is 0 Å². The highest BCUT2D eigenvalue weighted by Crippen LogP contribution is 2.52. The van der Waals surface area contributed by atoms with Crippen LogP contribution in [0.5, 0.6) is 0 Å². The van der Waals surface area contributed by atoms with E-state index in [1.54, 1.807) is 0 Å². The summed E-state index contributed by atoms with van der Waals surface area (Å²) in [6.07, 6.45) is 0. The van der Waals surface area contributed by atoms with Crippen molar-refractivity contribution in [3.8, 4) is 56.0 Å². The van der Waals surface area contributed by atoms with E-state index in [0.717, 1.165) is 38.0 Å². The topological polar surface area (TPSA) is 25.8 Å². The van der Waals surface area contributed by atoms with Crippen molar-refractivity contribution in [3.05, 3.63) is 144 Å². The number of aromatic nitrogens is 2. The van der Waals surface area contributed by atoms with Crippen LogP contribution in [0, 0.1) is 0 Å². The van der Waals surface area contributed by atoms with Crippen molar-refractivity contribution in [1.29, 1.82) is 0 Å². The van der Waals surface area contributed by atoms with Crippen molar-refractivity contribution in [2.45, 2.75) is 0 Å². The first-order valence-electron chi connectivity index (χ1n) is 14.5. The fourth-order valence-corrected chi connectivity index (χ4v) is 7.46. The maximum absolute atomic E-state index is 5.19. The largest absolute Gasteiger partial charge is 0.228 e. The van der Waals surface area contributed by atoms with Gasteiger partial charge in [-0.25, -0.2) is 9.97 Å². The Kier molecular flexibility index (Phi) is 5.38. The molecule has 200 valence electrons. The number of rotatable bonds is 2. The summed E-state index contributed by atoms with van der Waals surface area (Å²) in [6.45, 7) is 0. The number of fused-ring (bicyclic) bond motifs is 8. The van der Waals surface area contributed by atoms with E-state index in [1.807, 2.05) is 12.1 Å². The second-order valence-corrected chi connectivity index (χ2v) is 11.8. The van der Waals surface area contributed by atoms with Crippen LogP contribution in [0.25, 0.3) is 88.5 Å². The van der Waals surface area contributed by atoms with Crippen LogP contribution in [0.3, 0.4) is 0 Å². The number of para-hydroxylation sites is 1. The lowest BCUT2D eigenvalue weighted by Gasteiger charge is -2.17. The van der Waals surface area contributed by atoms with E-state index in [0.29, 0.717) is 0 Å². The van der Waals surface area contributed by atoms with Gasteiger partial charge in [-0.15, -0.1) is 0 Å². The van der Waals surface area contributed by atoms with Crippen LogP contribution < -0.4 is 0 Å². The molecule has 43 heavy (non-hydrogen) atoms. The number of hydrogen-bond donors (Lipinski definition) is 0. The molecule has 1 heterocycles. The molecule has 0 saturated carbocycles. The molecule has 1 aliphatic carbocycles. The molecule has 0 spiro atoms. The van der Waals surface area contributed by atoms with Crippen LogP contribution in [0.2, 0.25) is 0 Å². The highest BCUT2D eigenvalue weighted by Gasteiger charge is 2.25. The predicted octanol–water partition coefficient (Wildman–Crippen LogP) is 11.3. The second kappa shape index (κ2) is 9.45. The number of benzene rings is 7. The first kappa shape index (κ1) is 24.5. The smallest absolute Gasteiger partial charge is 0.160 e. The fraction of sp³-hybridized carbons (Fsp3) is 0. The van der Waals surface area contributed by atoms with E-state index in [1.165, 1.54) is 54.9 Å². The first-order valence-corrected chi connectivity index (χ1v) is 15.3. The zero-order valence-corrected chi connectivity index (χ0v) is 24.6. The van der Waals surface area contributed by atoms with Gasteiger partial charge >= 0.3 is 0 Å². The Morgan fingerprint density at radius 3 is 1.86 bits per heavy atom. The Morgan fingerprint density at radius 2 is 1.05 bits per heavy atom. The molecule has 2 nitrogen and oxygen atoms in total. The zero-order chi connectivity index (χ0) is 28.5. The Balaban J connectivity index is 1.40. The summed E-state index contributed by atoms with van der Waals surface area (Å²) >= 11 is 4.03. The average Bonchev–Trinajstić information content (AvgIpc) is 3.20. The van der Waals surface area contributed by atoms with Gasteiger partial charge in [0.1, 0.15) is 0 Å². The highest BCUT2D eigenvalue weighted by atomic mass is 79.9. The molecule has 0 fully saturated rings. The Bertz CT molecular complexity index is 2410. The van der Waals surface area contributed by atoms with Crippen molar-refractivity contribution < 1.29 is 0 Å². The molecule has 1 aliphatic rings. The lowest BCUT2D eigenvalue weighted by Crippen LogP contribution is -1.96. The van der Waals surface area contributed by atoms with Crippen LogP contribution in [0.1, 0.15) is 0 Å². The van der Waals surface area contributed by atoms with E-state index in [-0.39, 0.29) is 0 Å². The summed E-state index contributed by atoms with van der Waals surface area (Å²) in [6, 6.07) is 49.6.